The van der Waals surface area contributed by atoms with Gasteiger partial charge in [-0.25, -0.2) is 0 Å². The predicted octanol–water partition coefficient (Wildman–Crippen LogP) is 1.60. The van der Waals surface area contributed by atoms with E-state index in [0.29, 0.717) is 11.5 Å². The Hall–Kier alpha value is -0.770. The first-order valence-electron chi connectivity index (χ1n) is 6.77. The molecule has 2 aliphatic carbocycles. The van der Waals surface area contributed by atoms with Gasteiger partial charge in [-0.05, 0) is 44.4 Å². The molecule has 4 nitrogen and oxygen atoms in total. The van der Waals surface area contributed by atoms with E-state index in [1.807, 2.05) is 6.92 Å². The van der Waals surface area contributed by atoms with Crippen molar-refractivity contribution < 1.29 is 4.74 Å². The Kier molecular flexibility index (Phi) is 3.92. The largest absolute Gasteiger partial charge is 0.382 e. The van der Waals surface area contributed by atoms with E-state index in [1.54, 1.807) is 0 Å². The van der Waals surface area contributed by atoms with Crippen molar-refractivity contribution in [1.29, 1.82) is 0 Å². The van der Waals surface area contributed by atoms with Crippen LogP contribution in [0.25, 0.3) is 0 Å². The zero-order valence-corrected chi connectivity index (χ0v) is 11.1. The molecule has 0 atom stereocenters. The van der Waals surface area contributed by atoms with E-state index in [9.17, 15) is 0 Å². The lowest BCUT2D eigenvalue weighted by Crippen LogP contribution is -2.36. The van der Waals surface area contributed by atoms with Crippen LogP contribution < -0.4 is 5.73 Å². The highest BCUT2D eigenvalue weighted by molar-refractivity contribution is 5.78. The molecule has 2 aliphatic rings. The molecule has 98 valence electrons. The Labute approximate surface area is 104 Å². The highest BCUT2D eigenvalue weighted by Gasteiger charge is 2.42. The number of rotatable bonds is 7. The van der Waals surface area contributed by atoms with Gasteiger partial charge in [-0.15, -0.1) is 0 Å². The van der Waals surface area contributed by atoms with Gasteiger partial charge in [-0.2, -0.15) is 0 Å². The van der Waals surface area contributed by atoms with Crippen LogP contribution in [0.1, 0.15) is 39.0 Å². The van der Waals surface area contributed by atoms with E-state index in [1.165, 1.54) is 25.7 Å². The lowest BCUT2D eigenvalue weighted by atomic mass is 10.0. The standard InChI is InChI=1S/C13H25N3O/c1-3-17-9-8-13(6-7-13)10-15-12(14)16(2)11-4-5-11/h11H,3-10H2,1-2H3,(H2,14,15). The fraction of sp³-hybridized carbons (Fsp3) is 0.923. The summed E-state index contributed by atoms with van der Waals surface area (Å²) in [5.41, 5.74) is 6.40. The molecule has 0 aromatic heterocycles. The van der Waals surface area contributed by atoms with E-state index in [-0.39, 0.29) is 0 Å². The molecule has 0 spiro atoms. The van der Waals surface area contributed by atoms with Gasteiger partial charge in [0.15, 0.2) is 5.96 Å². The molecule has 0 aromatic carbocycles. The Morgan fingerprint density at radius 3 is 2.71 bits per heavy atom. The Balaban J connectivity index is 1.74. The Morgan fingerprint density at radius 1 is 1.47 bits per heavy atom. The van der Waals surface area contributed by atoms with E-state index in [2.05, 4.69) is 16.9 Å². The summed E-state index contributed by atoms with van der Waals surface area (Å²) in [6.07, 6.45) is 6.23. The summed E-state index contributed by atoms with van der Waals surface area (Å²) >= 11 is 0. The third-order valence-electron chi connectivity index (χ3n) is 3.97. The zero-order chi connectivity index (χ0) is 12.3. The van der Waals surface area contributed by atoms with Gasteiger partial charge in [0.25, 0.3) is 0 Å². The highest BCUT2D eigenvalue weighted by Crippen LogP contribution is 2.49. The second-order valence-corrected chi connectivity index (χ2v) is 5.46. The smallest absolute Gasteiger partial charge is 0.191 e. The average molecular weight is 239 g/mol. The van der Waals surface area contributed by atoms with Crippen molar-refractivity contribution in [2.24, 2.45) is 16.1 Å². The van der Waals surface area contributed by atoms with Crippen LogP contribution in [0.2, 0.25) is 0 Å². The summed E-state index contributed by atoms with van der Waals surface area (Å²) in [6.45, 7) is 4.60. The van der Waals surface area contributed by atoms with E-state index in [0.717, 1.165) is 32.1 Å². The molecule has 0 unspecified atom stereocenters. The van der Waals surface area contributed by atoms with E-state index < -0.39 is 0 Å². The van der Waals surface area contributed by atoms with Crippen LogP contribution in [0.4, 0.5) is 0 Å². The molecule has 0 bridgehead atoms. The van der Waals surface area contributed by atoms with Crippen LogP contribution in [0, 0.1) is 5.41 Å². The minimum absolute atomic E-state index is 0.407. The highest BCUT2D eigenvalue weighted by atomic mass is 16.5. The number of hydrogen-bond donors (Lipinski definition) is 1. The molecule has 0 aromatic rings. The van der Waals surface area contributed by atoms with Gasteiger partial charge in [-0.3, -0.25) is 4.99 Å². The molecular weight excluding hydrogens is 214 g/mol. The van der Waals surface area contributed by atoms with Gasteiger partial charge in [-0.1, -0.05) is 0 Å². The van der Waals surface area contributed by atoms with Gasteiger partial charge < -0.3 is 15.4 Å². The molecule has 2 rings (SSSR count). The second kappa shape index (κ2) is 5.25. The molecule has 0 radical (unpaired) electrons. The molecule has 2 fully saturated rings. The van der Waals surface area contributed by atoms with Crippen molar-refractivity contribution in [2.45, 2.75) is 45.1 Å². The van der Waals surface area contributed by atoms with Gasteiger partial charge >= 0.3 is 0 Å². The number of guanidine groups is 1. The monoisotopic (exact) mass is 239 g/mol. The van der Waals surface area contributed by atoms with Gasteiger partial charge in [0, 0.05) is 32.8 Å². The molecule has 2 N–H and O–H groups in total. The topological polar surface area (TPSA) is 50.9 Å². The number of hydrogen-bond acceptors (Lipinski definition) is 2. The summed E-state index contributed by atoms with van der Waals surface area (Å²) in [5, 5.41) is 0. The molecule has 4 heteroatoms. The molecule has 17 heavy (non-hydrogen) atoms. The first-order chi connectivity index (χ1) is 8.17. The molecule has 2 saturated carbocycles. The number of nitrogens with zero attached hydrogens (tertiary/aromatic N) is 2. The first-order valence-corrected chi connectivity index (χ1v) is 6.77. The van der Waals surface area contributed by atoms with Crippen LogP contribution >= 0.6 is 0 Å². The average Bonchev–Trinajstić information content (AvgIpc) is 3.19. The predicted molar refractivity (Wildman–Crippen MR) is 70.1 cm³/mol. The Morgan fingerprint density at radius 2 is 2.18 bits per heavy atom. The summed E-state index contributed by atoms with van der Waals surface area (Å²) in [4.78, 5) is 6.69. The maximum absolute atomic E-state index is 5.99. The van der Waals surface area contributed by atoms with Gasteiger partial charge in [0.05, 0.1) is 0 Å². The van der Waals surface area contributed by atoms with E-state index >= 15 is 0 Å². The third kappa shape index (κ3) is 3.60. The van der Waals surface area contributed by atoms with Gasteiger partial charge in [0.2, 0.25) is 0 Å². The van der Waals surface area contributed by atoms with Crippen molar-refractivity contribution in [2.75, 3.05) is 26.8 Å². The third-order valence-corrected chi connectivity index (χ3v) is 3.97. The van der Waals surface area contributed by atoms with Crippen LogP contribution in [0.5, 0.6) is 0 Å². The molecule has 0 amide bonds. The summed E-state index contributed by atoms with van der Waals surface area (Å²) < 4.78 is 5.42. The van der Waals surface area contributed by atoms with Crippen LogP contribution in [-0.2, 0) is 4.74 Å². The van der Waals surface area contributed by atoms with Crippen molar-refractivity contribution in [3.05, 3.63) is 0 Å². The van der Waals surface area contributed by atoms with Crippen molar-refractivity contribution in [3.63, 3.8) is 0 Å². The SMILES string of the molecule is CCOCCC1(CN=C(N)N(C)C2CC2)CC1. The van der Waals surface area contributed by atoms with Crippen LogP contribution in [0.3, 0.4) is 0 Å². The fourth-order valence-electron chi connectivity index (χ4n) is 2.11. The molecule has 0 saturated heterocycles. The van der Waals surface area contributed by atoms with Crippen LogP contribution in [-0.4, -0.2) is 43.7 Å². The molecule has 0 aliphatic heterocycles. The van der Waals surface area contributed by atoms with Gasteiger partial charge in [0.1, 0.15) is 0 Å². The maximum atomic E-state index is 5.99. The zero-order valence-electron chi connectivity index (χ0n) is 11.1. The van der Waals surface area contributed by atoms with E-state index in [4.69, 9.17) is 10.5 Å². The van der Waals surface area contributed by atoms with Crippen molar-refractivity contribution in [1.82, 2.24) is 4.90 Å². The lowest BCUT2D eigenvalue weighted by molar-refractivity contribution is 0.129. The lowest BCUT2D eigenvalue weighted by Gasteiger charge is -2.18. The fourth-order valence-corrected chi connectivity index (χ4v) is 2.11. The summed E-state index contributed by atoms with van der Waals surface area (Å²) in [5.74, 6) is 0.718. The quantitative estimate of drug-likeness (QED) is 0.417. The normalized spacial score (nSPS) is 22.6. The van der Waals surface area contributed by atoms with Crippen LogP contribution in [0.15, 0.2) is 4.99 Å². The molecular formula is C13H25N3O. The summed E-state index contributed by atoms with van der Waals surface area (Å²) in [6, 6.07) is 0.650. The second-order valence-electron chi connectivity index (χ2n) is 5.46. The molecule has 0 heterocycles. The number of nitrogens with two attached hydrogens (primary N) is 1. The minimum Gasteiger partial charge on any atom is -0.382 e. The number of ether oxygens (including phenoxy) is 1. The summed E-state index contributed by atoms with van der Waals surface area (Å²) in [7, 11) is 2.05. The Bertz CT molecular complexity index is 282. The first kappa shape index (κ1) is 12.7. The van der Waals surface area contributed by atoms with Crippen molar-refractivity contribution in [3.8, 4) is 0 Å². The maximum Gasteiger partial charge on any atom is 0.191 e. The minimum atomic E-state index is 0.407. The van der Waals surface area contributed by atoms with Crippen molar-refractivity contribution >= 4 is 5.96 Å². The number of aliphatic imine (C=N–C) groups is 1.